The van der Waals surface area contributed by atoms with Crippen LogP contribution in [0.4, 0.5) is 5.69 Å². The van der Waals surface area contributed by atoms with Gasteiger partial charge in [-0.1, -0.05) is 47.8 Å². The number of nitrogens with two attached hydrogens (primary N) is 2. The lowest BCUT2D eigenvalue weighted by Gasteiger charge is -2.26. The number of aliphatic carboxylic acids is 1. The molecule has 2 amide bonds. The second-order valence-corrected chi connectivity index (χ2v) is 9.24. The minimum Gasteiger partial charge on any atom is -0.480 e. The molecule has 0 saturated heterocycles. The summed E-state index contributed by atoms with van der Waals surface area (Å²) in [4.78, 5) is 41.2. The van der Waals surface area contributed by atoms with E-state index in [1.165, 1.54) is 12.1 Å². The van der Waals surface area contributed by atoms with Crippen molar-refractivity contribution in [1.29, 1.82) is 0 Å². The van der Waals surface area contributed by atoms with Crippen LogP contribution in [0.1, 0.15) is 41.6 Å². The fraction of sp³-hybridized carbons (Fsp3) is 0.333. The minimum absolute atomic E-state index is 0.0185. The molecule has 1 aliphatic rings. The normalized spacial score (nSPS) is 18.2. The Kier molecular flexibility index (Phi) is 8.95. The van der Waals surface area contributed by atoms with Gasteiger partial charge in [0.05, 0.1) is 21.7 Å². The number of carboxylic acids is 1. The van der Waals surface area contributed by atoms with E-state index in [4.69, 9.17) is 34.7 Å². The SMILES string of the molecule is NC(N)=N[C@@H]1CCC[C@@H](C(=O)Nc2ccc(C[C@H](NC(=O)c3c(Cl)cccc3Cl)C(=O)O)cc2)C1. The van der Waals surface area contributed by atoms with Gasteiger partial charge in [-0.25, -0.2) is 4.79 Å². The maximum absolute atomic E-state index is 12.7. The first-order chi connectivity index (χ1) is 16.6. The molecule has 2 aromatic carbocycles. The predicted molar refractivity (Wildman–Crippen MR) is 136 cm³/mol. The van der Waals surface area contributed by atoms with Crippen molar-refractivity contribution in [3.8, 4) is 0 Å². The number of amides is 2. The van der Waals surface area contributed by atoms with Crippen molar-refractivity contribution >= 4 is 52.6 Å². The quantitative estimate of drug-likeness (QED) is 0.266. The van der Waals surface area contributed by atoms with Gasteiger partial charge in [0.1, 0.15) is 6.04 Å². The molecule has 7 N–H and O–H groups in total. The number of carbonyl (C=O) groups excluding carboxylic acids is 2. The van der Waals surface area contributed by atoms with Gasteiger partial charge in [-0.05, 0) is 49.1 Å². The van der Waals surface area contributed by atoms with Crippen LogP contribution in [-0.2, 0) is 16.0 Å². The highest BCUT2D eigenvalue weighted by atomic mass is 35.5. The summed E-state index contributed by atoms with van der Waals surface area (Å²) < 4.78 is 0. The Morgan fingerprint density at radius 2 is 1.71 bits per heavy atom. The summed E-state index contributed by atoms with van der Waals surface area (Å²) in [6.07, 6.45) is 3.08. The van der Waals surface area contributed by atoms with Crippen LogP contribution in [0.5, 0.6) is 0 Å². The van der Waals surface area contributed by atoms with E-state index in [1.807, 2.05) is 0 Å². The monoisotopic (exact) mass is 519 g/mol. The first-order valence-corrected chi connectivity index (χ1v) is 11.9. The molecule has 0 unspecified atom stereocenters. The fourth-order valence-electron chi connectivity index (χ4n) is 4.08. The van der Waals surface area contributed by atoms with Crippen LogP contribution in [0.2, 0.25) is 10.0 Å². The Balaban J connectivity index is 1.61. The average molecular weight is 520 g/mol. The number of hydrogen-bond acceptors (Lipinski definition) is 4. The Hall–Kier alpha value is -3.30. The summed E-state index contributed by atoms with van der Waals surface area (Å²) in [5, 5.41) is 15.2. The van der Waals surface area contributed by atoms with Crippen molar-refractivity contribution in [1.82, 2.24) is 5.32 Å². The standard InChI is InChI=1S/C24H27Cl2N5O4/c25-17-5-2-6-18(26)20(17)22(33)31-19(23(34)35)11-13-7-9-15(10-8-13)29-21(32)14-3-1-4-16(12-14)30-24(27)28/h2,5-10,14,16,19H,1,3-4,11-12H2,(H,29,32)(H,31,33)(H,34,35)(H4,27,28,30)/t14-,16-,19+/m1/s1. The Labute approximate surface area is 212 Å². The average Bonchev–Trinajstić information content (AvgIpc) is 2.79. The molecule has 1 saturated carbocycles. The zero-order valence-electron chi connectivity index (χ0n) is 18.8. The van der Waals surface area contributed by atoms with E-state index in [9.17, 15) is 19.5 Å². The largest absolute Gasteiger partial charge is 0.480 e. The van der Waals surface area contributed by atoms with Gasteiger partial charge in [0.2, 0.25) is 5.91 Å². The molecule has 186 valence electrons. The number of anilines is 1. The van der Waals surface area contributed by atoms with Gasteiger partial charge in [-0.2, -0.15) is 0 Å². The number of aliphatic imine (C=N–C) groups is 1. The zero-order chi connectivity index (χ0) is 25.5. The van der Waals surface area contributed by atoms with E-state index in [0.29, 0.717) is 17.7 Å². The summed E-state index contributed by atoms with van der Waals surface area (Å²) >= 11 is 12.1. The number of halogens is 2. The van der Waals surface area contributed by atoms with E-state index < -0.39 is 17.9 Å². The summed E-state index contributed by atoms with van der Waals surface area (Å²) in [5.41, 5.74) is 12.2. The van der Waals surface area contributed by atoms with Crippen molar-refractivity contribution in [3.63, 3.8) is 0 Å². The first-order valence-electron chi connectivity index (χ1n) is 11.1. The highest BCUT2D eigenvalue weighted by Crippen LogP contribution is 2.28. The Morgan fingerprint density at radius 3 is 2.31 bits per heavy atom. The smallest absolute Gasteiger partial charge is 0.326 e. The highest BCUT2D eigenvalue weighted by molar-refractivity contribution is 6.39. The van der Waals surface area contributed by atoms with E-state index in [2.05, 4.69) is 15.6 Å². The molecule has 0 spiro atoms. The third-order valence-electron chi connectivity index (χ3n) is 5.80. The summed E-state index contributed by atoms with van der Waals surface area (Å²) in [6, 6.07) is 10.1. The molecule has 0 radical (unpaired) electrons. The minimum atomic E-state index is -1.20. The molecule has 35 heavy (non-hydrogen) atoms. The van der Waals surface area contributed by atoms with Gasteiger partial charge in [-0.3, -0.25) is 14.6 Å². The molecule has 0 aromatic heterocycles. The highest BCUT2D eigenvalue weighted by Gasteiger charge is 2.27. The fourth-order valence-corrected chi connectivity index (χ4v) is 4.65. The number of rotatable bonds is 8. The van der Waals surface area contributed by atoms with Crippen LogP contribution in [0.3, 0.4) is 0 Å². The van der Waals surface area contributed by atoms with E-state index in [-0.39, 0.29) is 45.9 Å². The van der Waals surface area contributed by atoms with Gasteiger partial charge >= 0.3 is 5.97 Å². The lowest BCUT2D eigenvalue weighted by Crippen LogP contribution is -2.42. The number of carboxylic acid groups (broad SMARTS) is 1. The third kappa shape index (κ3) is 7.34. The van der Waals surface area contributed by atoms with Crippen LogP contribution < -0.4 is 22.1 Å². The van der Waals surface area contributed by atoms with E-state index in [0.717, 1.165) is 19.3 Å². The molecule has 1 aliphatic carbocycles. The van der Waals surface area contributed by atoms with Crippen molar-refractivity contribution < 1.29 is 19.5 Å². The number of hydrogen-bond donors (Lipinski definition) is 5. The van der Waals surface area contributed by atoms with Gasteiger partial charge < -0.3 is 27.2 Å². The molecule has 0 aliphatic heterocycles. The number of benzene rings is 2. The third-order valence-corrected chi connectivity index (χ3v) is 6.43. The molecule has 2 aromatic rings. The van der Waals surface area contributed by atoms with Gasteiger partial charge in [0.25, 0.3) is 5.91 Å². The summed E-state index contributed by atoms with van der Waals surface area (Å²) in [6.45, 7) is 0. The number of guanidine groups is 1. The molecular weight excluding hydrogens is 493 g/mol. The van der Waals surface area contributed by atoms with Crippen LogP contribution in [-0.4, -0.2) is 40.9 Å². The van der Waals surface area contributed by atoms with Crippen molar-refractivity contribution in [2.24, 2.45) is 22.4 Å². The first kappa shape index (κ1) is 26.3. The van der Waals surface area contributed by atoms with Crippen molar-refractivity contribution in [2.45, 2.75) is 44.2 Å². The summed E-state index contributed by atoms with van der Waals surface area (Å²) in [5.74, 6) is -2.16. The Bertz CT molecular complexity index is 1100. The van der Waals surface area contributed by atoms with E-state index >= 15 is 0 Å². The van der Waals surface area contributed by atoms with Gasteiger partial charge in [0.15, 0.2) is 5.96 Å². The van der Waals surface area contributed by atoms with Crippen molar-refractivity contribution in [2.75, 3.05) is 5.32 Å². The van der Waals surface area contributed by atoms with Crippen LogP contribution >= 0.6 is 23.2 Å². The lowest BCUT2D eigenvalue weighted by molar-refractivity contribution is -0.139. The number of carbonyl (C=O) groups is 3. The van der Waals surface area contributed by atoms with Crippen LogP contribution in [0, 0.1) is 5.92 Å². The van der Waals surface area contributed by atoms with E-state index in [1.54, 1.807) is 30.3 Å². The second kappa shape index (κ2) is 11.9. The van der Waals surface area contributed by atoms with Crippen LogP contribution in [0.25, 0.3) is 0 Å². The number of nitrogens with zero attached hydrogens (tertiary/aromatic N) is 1. The van der Waals surface area contributed by atoms with Crippen LogP contribution in [0.15, 0.2) is 47.5 Å². The van der Waals surface area contributed by atoms with Gasteiger partial charge in [-0.15, -0.1) is 0 Å². The molecule has 11 heteroatoms. The predicted octanol–water partition coefficient (Wildman–Crippen LogP) is 3.19. The second-order valence-electron chi connectivity index (χ2n) is 8.42. The maximum Gasteiger partial charge on any atom is 0.326 e. The molecular formula is C24H27Cl2N5O4. The Morgan fingerprint density at radius 1 is 1.06 bits per heavy atom. The molecule has 0 bridgehead atoms. The molecule has 3 atom stereocenters. The van der Waals surface area contributed by atoms with Crippen molar-refractivity contribution in [3.05, 3.63) is 63.6 Å². The zero-order valence-corrected chi connectivity index (χ0v) is 20.4. The maximum atomic E-state index is 12.7. The molecule has 0 heterocycles. The topological polar surface area (TPSA) is 160 Å². The molecule has 9 nitrogen and oxygen atoms in total. The molecule has 1 fully saturated rings. The number of nitrogens with one attached hydrogen (secondary N) is 2. The summed E-state index contributed by atoms with van der Waals surface area (Å²) in [7, 11) is 0. The van der Waals surface area contributed by atoms with Gasteiger partial charge in [0, 0.05) is 18.0 Å². The lowest BCUT2D eigenvalue weighted by atomic mass is 9.85. The molecule has 3 rings (SSSR count).